The van der Waals surface area contributed by atoms with Gasteiger partial charge in [-0.2, -0.15) is 0 Å². The second-order valence-electron chi connectivity index (χ2n) is 16.0. The van der Waals surface area contributed by atoms with E-state index in [2.05, 4.69) is 62.5 Å². The number of phosphoric ester groups is 1. The maximum Gasteiger partial charge on any atom is 0.306 e. The molecule has 0 spiro atoms. The first-order valence-electron chi connectivity index (χ1n) is 22.3. The predicted octanol–water partition coefficient (Wildman–Crippen LogP) is 12.1. The quantitative estimate of drug-likeness (QED) is 0.0198. The second-order valence-corrected chi connectivity index (χ2v) is 17.4. The lowest BCUT2D eigenvalue weighted by molar-refractivity contribution is -0.870. The number of hydrogen-bond acceptors (Lipinski definition) is 8. The van der Waals surface area contributed by atoms with Crippen LogP contribution in [0.25, 0.3) is 0 Å². The number of nitrogens with zero attached hydrogens (tertiary/aromatic N) is 1. The van der Waals surface area contributed by atoms with Crippen molar-refractivity contribution in [2.24, 2.45) is 0 Å². The maximum absolute atomic E-state index is 12.6. The minimum Gasteiger partial charge on any atom is -0.756 e. The number of unbranched alkanes of at least 4 members (excludes halogenated alkanes) is 18. The summed E-state index contributed by atoms with van der Waals surface area (Å²) in [6.45, 7) is 4.07. The van der Waals surface area contributed by atoms with Gasteiger partial charge in [0.05, 0.1) is 27.7 Å². The highest BCUT2D eigenvalue weighted by molar-refractivity contribution is 7.45. The Hall–Kier alpha value is -2.03. The van der Waals surface area contributed by atoms with E-state index in [9.17, 15) is 19.0 Å². The zero-order valence-corrected chi connectivity index (χ0v) is 37.5. The number of ether oxygens (including phenoxy) is 2. The smallest absolute Gasteiger partial charge is 0.306 e. The number of likely N-dealkylation sites (N-methyl/N-ethyl adjacent to an activating group) is 1. The van der Waals surface area contributed by atoms with Gasteiger partial charge >= 0.3 is 11.9 Å². The number of rotatable bonds is 40. The molecule has 0 amide bonds. The summed E-state index contributed by atoms with van der Waals surface area (Å²) >= 11 is 0. The molecule has 0 fully saturated rings. The van der Waals surface area contributed by atoms with E-state index in [1.807, 2.05) is 21.1 Å². The van der Waals surface area contributed by atoms with E-state index in [0.29, 0.717) is 17.4 Å². The lowest BCUT2D eigenvalue weighted by atomic mass is 10.0. The Morgan fingerprint density at radius 1 is 0.571 bits per heavy atom. The normalized spacial score (nSPS) is 14.0. The Bertz CT molecular complexity index is 1100. The number of carbonyl (C=O) groups excluding carboxylic acids is 2. The highest BCUT2D eigenvalue weighted by Crippen LogP contribution is 2.38. The van der Waals surface area contributed by atoms with Crippen molar-refractivity contribution in [2.45, 2.75) is 187 Å². The van der Waals surface area contributed by atoms with Gasteiger partial charge in [-0.05, 0) is 51.4 Å². The molecule has 56 heavy (non-hydrogen) atoms. The number of phosphoric acid groups is 1. The van der Waals surface area contributed by atoms with Gasteiger partial charge in [0.15, 0.2) is 6.10 Å². The SMILES string of the molecule is CC/C=C\C/C=C\C/C=C\C/C=C\CCCCC(=O)O[C@H](COC(=O)CCCCCCCCCCCCCCCCCCC)COP(=O)([O-])OCC[N+](C)(C)C. The Morgan fingerprint density at radius 3 is 1.52 bits per heavy atom. The molecule has 0 aliphatic heterocycles. The minimum absolute atomic E-state index is 0.0393. The van der Waals surface area contributed by atoms with Crippen LogP contribution in [0.1, 0.15) is 181 Å². The molecular formula is C46H84NO8P. The molecule has 0 N–H and O–H groups in total. The summed E-state index contributed by atoms with van der Waals surface area (Å²) in [5.41, 5.74) is 0. The topological polar surface area (TPSA) is 111 Å². The molecule has 10 heteroatoms. The van der Waals surface area contributed by atoms with Gasteiger partial charge in [-0.1, -0.05) is 165 Å². The predicted molar refractivity (Wildman–Crippen MR) is 231 cm³/mol. The fraction of sp³-hybridized carbons (Fsp3) is 0.783. The van der Waals surface area contributed by atoms with Gasteiger partial charge in [0.2, 0.25) is 0 Å². The summed E-state index contributed by atoms with van der Waals surface area (Å²) in [5, 5.41) is 0. The number of allylic oxidation sites excluding steroid dienone is 8. The van der Waals surface area contributed by atoms with Crippen molar-refractivity contribution in [1.29, 1.82) is 0 Å². The van der Waals surface area contributed by atoms with Crippen LogP contribution in [0.2, 0.25) is 0 Å². The molecule has 0 bridgehead atoms. The standard InChI is InChI=1S/C46H84NO8P/c1-6-8-10-12-14-16-18-20-22-23-25-26-28-30-32-34-36-38-45(48)52-42-44(43-54-56(50,51)53-41-40-47(3,4)5)55-46(49)39-37-35-33-31-29-27-24-21-19-17-15-13-11-9-7-2/h9,11,15,17,21,24,29,31,44H,6-8,10,12-14,16,18-20,22-23,25-28,30,32-43H2,1-5H3/b11-9-,17-15-,24-21-,31-29-/t44-/m1/s1. The minimum atomic E-state index is -4.64. The molecule has 0 aromatic heterocycles. The molecule has 1 unspecified atom stereocenters. The van der Waals surface area contributed by atoms with Crippen LogP contribution in [-0.2, 0) is 32.7 Å². The van der Waals surface area contributed by atoms with Gasteiger partial charge in [0, 0.05) is 12.8 Å². The molecule has 0 rings (SSSR count). The fourth-order valence-electron chi connectivity index (χ4n) is 5.88. The molecule has 0 aliphatic rings. The third kappa shape index (κ3) is 41.6. The molecule has 0 aliphatic carbocycles. The van der Waals surface area contributed by atoms with E-state index in [1.165, 1.54) is 89.9 Å². The third-order valence-corrected chi connectivity index (χ3v) is 10.3. The van der Waals surface area contributed by atoms with Crippen LogP contribution in [-0.4, -0.2) is 70.0 Å². The van der Waals surface area contributed by atoms with Crippen molar-refractivity contribution in [3.05, 3.63) is 48.6 Å². The molecule has 2 atom stereocenters. The first-order valence-corrected chi connectivity index (χ1v) is 23.8. The van der Waals surface area contributed by atoms with Crippen molar-refractivity contribution in [3.63, 3.8) is 0 Å². The first kappa shape index (κ1) is 54.0. The van der Waals surface area contributed by atoms with Gasteiger partial charge in [-0.15, -0.1) is 0 Å². The van der Waals surface area contributed by atoms with Gasteiger partial charge in [0.1, 0.15) is 19.8 Å². The van der Waals surface area contributed by atoms with E-state index in [0.717, 1.165) is 57.8 Å². The lowest BCUT2D eigenvalue weighted by Gasteiger charge is -2.28. The van der Waals surface area contributed by atoms with Crippen molar-refractivity contribution >= 4 is 19.8 Å². The van der Waals surface area contributed by atoms with Gasteiger partial charge in [0.25, 0.3) is 7.82 Å². The van der Waals surface area contributed by atoms with Crippen LogP contribution in [0.15, 0.2) is 48.6 Å². The molecule has 9 nitrogen and oxygen atoms in total. The Kier molecular flexibility index (Phi) is 37.1. The number of hydrogen-bond donors (Lipinski definition) is 0. The van der Waals surface area contributed by atoms with Crippen LogP contribution in [0.3, 0.4) is 0 Å². The molecular weight excluding hydrogens is 725 g/mol. The molecule has 0 aromatic carbocycles. The monoisotopic (exact) mass is 810 g/mol. The second kappa shape index (κ2) is 38.5. The highest BCUT2D eigenvalue weighted by Gasteiger charge is 2.21. The molecule has 0 radical (unpaired) electrons. The zero-order chi connectivity index (χ0) is 41.4. The zero-order valence-electron chi connectivity index (χ0n) is 36.6. The Labute approximate surface area is 343 Å². The summed E-state index contributed by atoms with van der Waals surface area (Å²) in [4.78, 5) is 37.5. The molecule has 0 saturated heterocycles. The van der Waals surface area contributed by atoms with Crippen LogP contribution < -0.4 is 4.89 Å². The number of esters is 2. The highest BCUT2D eigenvalue weighted by atomic mass is 31.2. The molecule has 0 saturated carbocycles. The van der Waals surface area contributed by atoms with E-state index < -0.39 is 32.5 Å². The molecule has 326 valence electrons. The van der Waals surface area contributed by atoms with Gasteiger partial charge < -0.3 is 27.9 Å². The molecule has 0 aromatic rings. The average Bonchev–Trinajstić information content (AvgIpc) is 3.15. The van der Waals surface area contributed by atoms with Gasteiger partial charge in [-0.3, -0.25) is 14.2 Å². The van der Waals surface area contributed by atoms with Crippen LogP contribution in [0.5, 0.6) is 0 Å². The largest absolute Gasteiger partial charge is 0.756 e. The van der Waals surface area contributed by atoms with E-state index in [1.54, 1.807) is 0 Å². The summed E-state index contributed by atoms with van der Waals surface area (Å²) in [6, 6.07) is 0. The van der Waals surface area contributed by atoms with Crippen LogP contribution in [0.4, 0.5) is 0 Å². The first-order chi connectivity index (χ1) is 27.0. The Morgan fingerprint density at radius 2 is 1.02 bits per heavy atom. The van der Waals surface area contributed by atoms with Crippen molar-refractivity contribution in [3.8, 4) is 0 Å². The summed E-state index contributed by atoms with van der Waals surface area (Å²) in [5.74, 6) is -0.880. The van der Waals surface area contributed by atoms with E-state index in [-0.39, 0.29) is 26.1 Å². The summed E-state index contributed by atoms with van der Waals surface area (Å²) < 4.78 is 33.9. The summed E-state index contributed by atoms with van der Waals surface area (Å²) in [6.07, 6.45) is 44.3. The van der Waals surface area contributed by atoms with Crippen LogP contribution in [0, 0.1) is 0 Å². The van der Waals surface area contributed by atoms with Crippen molar-refractivity contribution < 1.29 is 42.1 Å². The number of quaternary nitrogens is 1. The van der Waals surface area contributed by atoms with Gasteiger partial charge in [-0.25, -0.2) is 0 Å². The maximum atomic E-state index is 12.6. The fourth-order valence-corrected chi connectivity index (χ4v) is 6.61. The number of carbonyl (C=O) groups is 2. The van der Waals surface area contributed by atoms with Crippen molar-refractivity contribution in [2.75, 3.05) is 47.5 Å². The van der Waals surface area contributed by atoms with E-state index >= 15 is 0 Å². The van der Waals surface area contributed by atoms with Crippen molar-refractivity contribution in [1.82, 2.24) is 0 Å². The average molecular weight is 810 g/mol. The summed E-state index contributed by atoms with van der Waals surface area (Å²) in [7, 11) is 1.14. The third-order valence-electron chi connectivity index (χ3n) is 9.36. The Balaban J connectivity index is 4.39. The van der Waals surface area contributed by atoms with E-state index in [4.69, 9.17) is 18.5 Å². The molecule has 0 heterocycles. The van der Waals surface area contributed by atoms with Crippen LogP contribution >= 0.6 is 7.82 Å². The lowest BCUT2D eigenvalue weighted by Crippen LogP contribution is -2.37.